The summed E-state index contributed by atoms with van der Waals surface area (Å²) < 4.78 is 0. The summed E-state index contributed by atoms with van der Waals surface area (Å²) in [5.74, 6) is 0.144. The van der Waals surface area contributed by atoms with Crippen molar-refractivity contribution in [3.05, 3.63) is 23.8 Å². The van der Waals surface area contributed by atoms with E-state index in [0.29, 0.717) is 5.69 Å². The summed E-state index contributed by atoms with van der Waals surface area (Å²) in [4.78, 5) is 33.3. The summed E-state index contributed by atoms with van der Waals surface area (Å²) in [5.41, 5.74) is 0.332. The molecule has 1 aromatic carbocycles. The molecule has 0 aliphatic rings. The van der Waals surface area contributed by atoms with Crippen LogP contribution in [0.15, 0.2) is 18.2 Å². The molecule has 0 aliphatic heterocycles. The lowest BCUT2D eigenvalue weighted by molar-refractivity contribution is -0.115. The van der Waals surface area contributed by atoms with E-state index in [-0.39, 0.29) is 23.6 Å². The second kappa shape index (κ2) is 6.21. The molecule has 0 saturated carbocycles. The highest BCUT2D eigenvalue weighted by Gasteiger charge is 2.13. The fourth-order valence-corrected chi connectivity index (χ4v) is 1.40. The Morgan fingerprint density at radius 3 is 2.53 bits per heavy atom. The number of aromatic carboxylic acids is 1. The van der Waals surface area contributed by atoms with Gasteiger partial charge in [0.1, 0.15) is 0 Å². The molecule has 0 atom stereocenters. The largest absolute Gasteiger partial charge is 0.478 e. The number of carbonyl (C=O) groups excluding carboxylic acids is 2. The number of benzene rings is 1. The summed E-state index contributed by atoms with van der Waals surface area (Å²) >= 11 is 0. The first-order valence-corrected chi connectivity index (χ1v) is 5.32. The monoisotopic (exact) mass is 260 g/mol. The van der Waals surface area contributed by atoms with Gasteiger partial charge in [-0.1, -0.05) is 5.92 Å². The van der Waals surface area contributed by atoms with Gasteiger partial charge in [-0.05, 0) is 18.2 Å². The molecular weight excluding hydrogens is 248 g/mol. The number of anilines is 2. The summed E-state index contributed by atoms with van der Waals surface area (Å²) in [7, 11) is 0. The van der Waals surface area contributed by atoms with Gasteiger partial charge in [0.05, 0.1) is 17.7 Å². The Balaban J connectivity index is 3.05. The number of amides is 2. The molecule has 3 N–H and O–H groups in total. The first kappa shape index (κ1) is 14.3. The van der Waals surface area contributed by atoms with Crippen molar-refractivity contribution in [3.8, 4) is 12.3 Å². The second-order valence-electron chi connectivity index (χ2n) is 3.68. The van der Waals surface area contributed by atoms with E-state index in [2.05, 4.69) is 16.6 Å². The molecule has 98 valence electrons. The van der Waals surface area contributed by atoms with Crippen LogP contribution < -0.4 is 10.6 Å². The fourth-order valence-electron chi connectivity index (χ4n) is 1.40. The average Bonchev–Trinajstić information content (AvgIpc) is 2.30. The van der Waals surface area contributed by atoms with Gasteiger partial charge in [-0.25, -0.2) is 4.79 Å². The molecule has 0 spiro atoms. The highest BCUT2D eigenvalue weighted by molar-refractivity contribution is 6.02. The third-order valence-electron chi connectivity index (χ3n) is 2.11. The highest BCUT2D eigenvalue weighted by atomic mass is 16.4. The summed E-state index contributed by atoms with van der Waals surface area (Å²) in [6.07, 6.45) is 4.84. The van der Waals surface area contributed by atoms with E-state index in [1.54, 1.807) is 0 Å². The van der Waals surface area contributed by atoms with Crippen LogP contribution in [0.25, 0.3) is 0 Å². The number of hydrogen-bond acceptors (Lipinski definition) is 3. The molecule has 6 nitrogen and oxygen atoms in total. The minimum atomic E-state index is -1.22. The fraction of sp³-hybridized carbons (Fsp3) is 0.154. The van der Waals surface area contributed by atoms with Crippen molar-refractivity contribution in [1.29, 1.82) is 0 Å². The Bertz CT molecular complexity index is 572. The van der Waals surface area contributed by atoms with Gasteiger partial charge in [-0.15, -0.1) is 6.42 Å². The Kier molecular flexibility index (Phi) is 4.66. The van der Waals surface area contributed by atoms with Gasteiger partial charge < -0.3 is 15.7 Å². The smallest absolute Gasteiger partial charge is 0.337 e. The molecule has 2 amide bonds. The lowest BCUT2D eigenvalue weighted by Gasteiger charge is -2.09. The van der Waals surface area contributed by atoms with Crippen molar-refractivity contribution in [3.63, 3.8) is 0 Å². The normalized spacial score (nSPS) is 9.26. The van der Waals surface area contributed by atoms with Gasteiger partial charge in [0, 0.05) is 12.6 Å². The maximum Gasteiger partial charge on any atom is 0.337 e. The predicted octanol–water partition coefficient (Wildman–Crippen LogP) is 1.30. The molecule has 0 aliphatic carbocycles. The number of carbonyl (C=O) groups is 3. The molecule has 1 aromatic rings. The molecular formula is C13H12N2O4. The van der Waals surface area contributed by atoms with E-state index >= 15 is 0 Å². The molecule has 0 unspecified atom stereocenters. The zero-order chi connectivity index (χ0) is 14.4. The molecule has 6 heteroatoms. The Morgan fingerprint density at radius 2 is 2.00 bits per heavy atom. The Labute approximate surface area is 109 Å². The molecule has 0 bridgehead atoms. The average molecular weight is 260 g/mol. The van der Waals surface area contributed by atoms with Crippen LogP contribution in [0.4, 0.5) is 11.4 Å². The maximum absolute atomic E-state index is 11.3. The van der Waals surface area contributed by atoms with E-state index < -0.39 is 11.9 Å². The maximum atomic E-state index is 11.3. The van der Waals surface area contributed by atoms with Crippen LogP contribution in [0.2, 0.25) is 0 Å². The van der Waals surface area contributed by atoms with Crippen molar-refractivity contribution >= 4 is 29.2 Å². The van der Waals surface area contributed by atoms with Crippen molar-refractivity contribution in [1.82, 2.24) is 0 Å². The van der Waals surface area contributed by atoms with Crippen molar-refractivity contribution < 1.29 is 19.5 Å². The van der Waals surface area contributed by atoms with Gasteiger partial charge >= 0.3 is 5.97 Å². The standard InChI is InChI=1S/C13H12N2O4/c1-3-4-12(17)15-11-6-5-9(14-8(2)16)7-10(11)13(18)19/h1,5-7H,4H2,2H3,(H,14,16)(H,15,17)(H,18,19). The molecule has 0 radical (unpaired) electrons. The molecule has 1 rings (SSSR count). The Morgan fingerprint density at radius 1 is 1.32 bits per heavy atom. The molecule has 0 saturated heterocycles. The van der Waals surface area contributed by atoms with Crippen LogP contribution in [0.1, 0.15) is 23.7 Å². The number of terminal acetylenes is 1. The van der Waals surface area contributed by atoms with Gasteiger partial charge in [0.25, 0.3) is 0 Å². The number of rotatable bonds is 4. The Hall–Kier alpha value is -2.81. The zero-order valence-electron chi connectivity index (χ0n) is 10.2. The third-order valence-corrected chi connectivity index (χ3v) is 2.11. The summed E-state index contributed by atoms with van der Waals surface area (Å²) in [6, 6.07) is 4.14. The summed E-state index contributed by atoms with van der Waals surface area (Å²) in [6.45, 7) is 1.31. The van der Waals surface area contributed by atoms with Crippen LogP contribution in [-0.2, 0) is 9.59 Å². The van der Waals surface area contributed by atoms with Gasteiger partial charge in [0.2, 0.25) is 11.8 Å². The number of hydrogen-bond donors (Lipinski definition) is 3. The zero-order valence-corrected chi connectivity index (χ0v) is 10.2. The number of carboxylic acid groups (broad SMARTS) is 1. The number of nitrogens with one attached hydrogen (secondary N) is 2. The number of carboxylic acids is 1. The van der Waals surface area contributed by atoms with E-state index in [1.165, 1.54) is 25.1 Å². The van der Waals surface area contributed by atoms with E-state index in [0.717, 1.165) is 0 Å². The van der Waals surface area contributed by atoms with Crippen molar-refractivity contribution in [2.75, 3.05) is 10.6 Å². The van der Waals surface area contributed by atoms with Crippen LogP contribution in [0.5, 0.6) is 0 Å². The highest BCUT2D eigenvalue weighted by Crippen LogP contribution is 2.21. The molecule has 19 heavy (non-hydrogen) atoms. The SMILES string of the molecule is C#CCC(=O)Nc1ccc(NC(C)=O)cc1C(=O)O. The molecule has 0 heterocycles. The van der Waals surface area contributed by atoms with Crippen molar-refractivity contribution in [2.24, 2.45) is 0 Å². The van der Waals surface area contributed by atoms with Gasteiger partial charge in [0.15, 0.2) is 0 Å². The minimum Gasteiger partial charge on any atom is -0.478 e. The van der Waals surface area contributed by atoms with Crippen molar-refractivity contribution in [2.45, 2.75) is 13.3 Å². The second-order valence-corrected chi connectivity index (χ2v) is 3.68. The quantitative estimate of drug-likeness (QED) is 0.711. The van der Waals surface area contributed by atoms with Crippen LogP contribution >= 0.6 is 0 Å². The lowest BCUT2D eigenvalue weighted by atomic mass is 10.1. The van der Waals surface area contributed by atoms with Gasteiger partial charge in [-0.3, -0.25) is 9.59 Å². The minimum absolute atomic E-state index is 0.127. The predicted molar refractivity (Wildman–Crippen MR) is 69.8 cm³/mol. The topological polar surface area (TPSA) is 95.5 Å². The van der Waals surface area contributed by atoms with E-state index in [1.807, 2.05) is 0 Å². The lowest BCUT2D eigenvalue weighted by Crippen LogP contribution is -2.14. The third kappa shape index (κ3) is 4.16. The first-order chi connectivity index (χ1) is 8.93. The van der Waals surface area contributed by atoms with Crippen LogP contribution in [-0.4, -0.2) is 22.9 Å². The first-order valence-electron chi connectivity index (χ1n) is 5.32. The molecule has 0 fully saturated rings. The van der Waals surface area contributed by atoms with Crippen LogP contribution in [0.3, 0.4) is 0 Å². The van der Waals surface area contributed by atoms with E-state index in [9.17, 15) is 14.4 Å². The van der Waals surface area contributed by atoms with Crippen LogP contribution in [0, 0.1) is 12.3 Å². The van der Waals surface area contributed by atoms with E-state index in [4.69, 9.17) is 11.5 Å². The van der Waals surface area contributed by atoms with Gasteiger partial charge in [-0.2, -0.15) is 0 Å². The molecule has 0 aromatic heterocycles. The summed E-state index contributed by atoms with van der Waals surface area (Å²) in [5, 5.41) is 13.9.